The van der Waals surface area contributed by atoms with Gasteiger partial charge in [-0.05, 0) is 65.3 Å². The Morgan fingerprint density at radius 2 is 0.800 bits per heavy atom. The van der Waals surface area contributed by atoms with E-state index in [1.807, 2.05) is 0 Å². The van der Waals surface area contributed by atoms with Crippen LogP contribution < -0.4 is 11.2 Å². The van der Waals surface area contributed by atoms with Gasteiger partial charge in [-0.25, -0.2) is 0 Å². The standard InChI is InChI=1S/2C10H19BN.Sr/c2*1-4-7-8(5-2)10(11)12-9(7)6-3;/h2*12H,4-6H2,1-3,11H3;/q2*-1;+2. The van der Waals surface area contributed by atoms with Crippen LogP contribution >= 0.6 is 0 Å². The van der Waals surface area contributed by atoms with Crippen LogP contribution in [0.1, 0.15) is 75.2 Å². The molecule has 0 bridgehead atoms. The van der Waals surface area contributed by atoms with Gasteiger partial charge in [0.1, 0.15) is 0 Å². The van der Waals surface area contributed by atoms with Gasteiger partial charge in [0, 0.05) is 11.4 Å². The maximum Gasteiger partial charge on any atom is 2.00 e. The Hall–Kier alpha value is 0.170. The first-order chi connectivity index (χ1) is 11.5. The third-order valence-electron chi connectivity index (χ3n) is 4.31. The number of hydrogen-bond acceptors (Lipinski definition) is 0. The number of hydrogen-bond donors (Lipinski definition) is 2. The predicted molar refractivity (Wildman–Crippen MR) is 123 cm³/mol. The molecule has 0 saturated heterocycles. The molecule has 0 saturated carbocycles. The van der Waals surface area contributed by atoms with Gasteiger partial charge in [0.15, 0.2) is 0 Å². The summed E-state index contributed by atoms with van der Waals surface area (Å²) in [6.45, 7) is 13.6. The van der Waals surface area contributed by atoms with Crippen LogP contribution in [0.25, 0.3) is 0 Å². The minimum absolute atomic E-state index is 0. The van der Waals surface area contributed by atoms with E-state index in [1.165, 1.54) is 49.9 Å². The molecule has 2 rings (SSSR count). The molecule has 0 spiro atoms. The first-order valence-electron chi connectivity index (χ1n) is 8.86. The summed E-state index contributed by atoms with van der Waals surface area (Å²) >= 11 is 0. The monoisotopic (exact) mass is 416 g/mol. The van der Waals surface area contributed by atoms with Gasteiger partial charge in [0.05, 0.1) is 0 Å². The van der Waals surface area contributed by atoms with Crippen molar-refractivity contribution in [1.29, 1.82) is 0 Å². The van der Waals surface area contributed by atoms with Gasteiger partial charge in [-0.15, -0.1) is 0 Å². The fraction of sp³-hybridized carbons (Fsp3) is 0.600. The summed E-state index contributed by atoms with van der Waals surface area (Å²) in [6, 6.07) is 0. The van der Waals surface area contributed by atoms with Gasteiger partial charge in [-0.1, -0.05) is 52.7 Å². The fourth-order valence-corrected chi connectivity index (χ4v) is 3.03. The second-order valence-corrected chi connectivity index (χ2v) is 5.49. The molecule has 2 heterocycles. The zero-order chi connectivity index (χ0) is 18.3. The molecule has 0 amide bonds. The number of H-pyrrole nitrogens is 2. The predicted octanol–water partition coefficient (Wildman–Crippen LogP) is 1.00. The Bertz CT molecular complexity index is 588. The zero-order valence-electron chi connectivity index (χ0n) is 15.9. The van der Waals surface area contributed by atoms with E-state index in [9.17, 15) is 0 Å². The van der Waals surface area contributed by atoms with E-state index in [0.29, 0.717) is 15.7 Å². The van der Waals surface area contributed by atoms with E-state index in [2.05, 4.69) is 51.5 Å². The SMILES string of the molecule is [BH3-]c1[nH]c(CC)c(CC)c1CC.[BH3-]c1[nH]c(CC)c(CC)c1CC.[Sr+2]. The van der Waals surface area contributed by atoms with Gasteiger partial charge in [-0.2, -0.15) is 11.2 Å². The molecule has 2 nitrogen and oxygen atoms in total. The molecule has 0 aliphatic carbocycles. The van der Waals surface area contributed by atoms with Crippen molar-refractivity contribution in [2.75, 3.05) is 0 Å². The van der Waals surface area contributed by atoms with Crippen molar-refractivity contribution in [2.45, 2.75) is 80.1 Å². The van der Waals surface area contributed by atoms with E-state index in [4.69, 9.17) is 0 Å². The van der Waals surface area contributed by atoms with Crippen LogP contribution in [0.15, 0.2) is 0 Å². The topological polar surface area (TPSA) is 31.6 Å². The average molecular weight is 416 g/mol. The van der Waals surface area contributed by atoms with Crippen LogP contribution in [0.2, 0.25) is 0 Å². The molecule has 0 atom stereocenters. The second kappa shape index (κ2) is 12.5. The largest absolute Gasteiger partial charge is 2.00 e. The molecule has 0 radical (unpaired) electrons. The van der Waals surface area contributed by atoms with Crippen molar-refractivity contribution < 1.29 is 0 Å². The minimum Gasteiger partial charge on any atom is -0.401 e. The maximum atomic E-state index is 3.58. The van der Waals surface area contributed by atoms with E-state index in [-0.39, 0.29) is 45.5 Å². The van der Waals surface area contributed by atoms with Crippen molar-refractivity contribution in [2.24, 2.45) is 0 Å². The Morgan fingerprint density at radius 1 is 0.520 bits per heavy atom. The van der Waals surface area contributed by atoms with Crippen molar-refractivity contribution in [3.8, 4) is 0 Å². The van der Waals surface area contributed by atoms with Gasteiger partial charge in [0.25, 0.3) is 0 Å². The third kappa shape index (κ3) is 6.09. The van der Waals surface area contributed by atoms with Crippen LogP contribution in [-0.2, 0) is 38.5 Å². The van der Waals surface area contributed by atoms with Crippen LogP contribution in [0.4, 0.5) is 0 Å². The summed E-state index contributed by atoms with van der Waals surface area (Å²) in [5.74, 6) is 0. The van der Waals surface area contributed by atoms with Gasteiger partial charge in [-0.3, -0.25) is 0 Å². The average Bonchev–Trinajstić information content (AvgIpc) is 3.09. The first-order valence-corrected chi connectivity index (χ1v) is 8.86. The number of nitrogens with one attached hydrogen (secondary N) is 2. The third-order valence-corrected chi connectivity index (χ3v) is 4.31. The van der Waals surface area contributed by atoms with Crippen molar-refractivity contribution in [3.05, 3.63) is 33.6 Å². The zero-order valence-corrected chi connectivity index (χ0v) is 19.4. The molecule has 136 valence electrons. The Labute approximate surface area is 194 Å². The molecule has 0 fully saturated rings. The van der Waals surface area contributed by atoms with Crippen molar-refractivity contribution in [1.82, 2.24) is 9.97 Å². The molecule has 0 aromatic carbocycles. The maximum absolute atomic E-state index is 3.58. The van der Waals surface area contributed by atoms with Crippen LogP contribution in [0.3, 0.4) is 0 Å². The Balaban J connectivity index is 0.000000443. The summed E-state index contributed by atoms with van der Waals surface area (Å²) in [5, 5.41) is 0. The number of aryl methyl sites for hydroxylation is 2. The molecule has 2 aromatic heterocycles. The fourth-order valence-electron chi connectivity index (χ4n) is 3.03. The van der Waals surface area contributed by atoms with E-state index in [0.717, 1.165) is 0 Å². The quantitative estimate of drug-likeness (QED) is 0.660. The molecule has 0 unspecified atom stereocenters. The van der Waals surface area contributed by atoms with E-state index < -0.39 is 0 Å². The minimum atomic E-state index is 0. The summed E-state index contributed by atoms with van der Waals surface area (Å²) in [5.41, 5.74) is 12.8. The molecule has 0 aliphatic heterocycles. The summed E-state index contributed by atoms with van der Waals surface area (Å²) in [6.07, 6.45) is 7.19. The first kappa shape index (κ1) is 25.2. The summed E-state index contributed by atoms with van der Waals surface area (Å²) in [4.78, 5) is 7.15. The van der Waals surface area contributed by atoms with Crippen LogP contribution in [-0.4, -0.2) is 71.1 Å². The molecule has 0 aliphatic rings. The summed E-state index contributed by atoms with van der Waals surface area (Å²) in [7, 11) is 0.685. The number of aromatic amines is 2. The van der Waals surface area contributed by atoms with Gasteiger partial charge < -0.3 is 9.97 Å². The van der Waals surface area contributed by atoms with Crippen molar-refractivity contribution in [3.63, 3.8) is 0 Å². The molecule has 25 heavy (non-hydrogen) atoms. The van der Waals surface area contributed by atoms with E-state index in [1.54, 1.807) is 33.4 Å². The number of aromatic nitrogens is 2. The van der Waals surface area contributed by atoms with Gasteiger partial charge >= 0.3 is 45.5 Å². The molecule has 2 N–H and O–H groups in total. The molecule has 2 aromatic rings. The Kier molecular flexibility index (Phi) is 12.6. The van der Waals surface area contributed by atoms with E-state index >= 15 is 0 Å². The smallest absolute Gasteiger partial charge is 0.401 e. The van der Waals surface area contributed by atoms with Crippen molar-refractivity contribution >= 4 is 72.4 Å². The number of rotatable bonds is 6. The van der Waals surface area contributed by atoms with Crippen LogP contribution in [0, 0.1) is 0 Å². The molecule has 5 heteroatoms. The summed E-state index contributed by atoms with van der Waals surface area (Å²) < 4.78 is 0. The van der Waals surface area contributed by atoms with Gasteiger partial charge in [0.2, 0.25) is 0 Å². The Morgan fingerprint density at radius 3 is 1.00 bits per heavy atom. The second-order valence-electron chi connectivity index (χ2n) is 5.49. The normalized spacial score (nSPS) is 10.2. The van der Waals surface area contributed by atoms with Crippen LogP contribution in [0.5, 0.6) is 0 Å². The molecular weight excluding hydrogens is 377 g/mol. The molecular formula is C20H38B2N2Sr.